The van der Waals surface area contributed by atoms with Crippen LogP contribution in [-0.4, -0.2) is 30.8 Å². The van der Waals surface area contributed by atoms with Crippen molar-refractivity contribution in [2.45, 2.75) is 40.0 Å². The Bertz CT molecular complexity index is 954. The topological polar surface area (TPSA) is 78.5 Å². The van der Waals surface area contributed by atoms with Crippen LogP contribution in [-0.2, 0) is 9.59 Å². The van der Waals surface area contributed by atoms with E-state index >= 15 is 0 Å². The third-order valence-corrected chi connectivity index (χ3v) is 5.54. The summed E-state index contributed by atoms with van der Waals surface area (Å²) in [6, 6.07) is 12.8. The highest BCUT2D eigenvalue weighted by atomic mass is 16.2. The van der Waals surface area contributed by atoms with E-state index < -0.39 is 5.92 Å². The first-order valence-corrected chi connectivity index (χ1v) is 10.5. The van der Waals surface area contributed by atoms with Crippen LogP contribution < -0.4 is 15.5 Å². The molecule has 30 heavy (non-hydrogen) atoms. The van der Waals surface area contributed by atoms with Gasteiger partial charge in [0.1, 0.15) is 0 Å². The number of hydrogen-bond donors (Lipinski definition) is 2. The molecule has 0 saturated carbocycles. The van der Waals surface area contributed by atoms with Crippen molar-refractivity contribution in [3.8, 4) is 0 Å². The highest BCUT2D eigenvalue weighted by Gasteiger charge is 2.35. The molecule has 3 amide bonds. The van der Waals surface area contributed by atoms with E-state index in [0.717, 1.165) is 29.7 Å². The van der Waals surface area contributed by atoms with Crippen molar-refractivity contribution < 1.29 is 14.4 Å². The maximum Gasteiger partial charge on any atom is 0.253 e. The zero-order chi connectivity index (χ0) is 21.7. The number of aryl methyl sites for hydroxylation is 2. The second kappa shape index (κ2) is 9.57. The van der Waals surface area contributed by atoms with Gasteiger partial charge in [0.2, 0.25) is 11.8 Å². The van der Waals surface area contributed by atoms with Crippen molar-refractivity contribution in [3.63, 3.8) is 0 Å². The Labute approximate surface area is 177 Å². The van der Waals surface area contributed by atoms with Gasteiger partial charge in [0.25, 0.3) is 5.91 Å². The third kappa shape index (κ3) is 4.87. The molecule has 0 radical (unpaired) electrons. The summed E-state index contributed by atoms with van der Waals surface area (Å²) in [7, 11) is 0. The van der Waals surface area contributed by atoms with E-state index in [-0.39, 0.29) is 24.1 Å². The predicted molar refractivity (Wildman–Crippen MR) is 119 cm³/mol. The van der Waals surface area contributed by atoms with Crippen molar-refractivity contribution in [1.29, 1.82) is 0 Å². The van der Waals surface area contributed by atoms with Crippen LogP contribution in [0.2, 0.25) is 0 Å². The van der Waals surface area contributed by atoms with Gasteiger partial charge in [0, 0.05) is 25.2 Å². The molecule has 0 aromatic heterocycles. The van der Waals surface area contributed by atoms with Crippen molar-refractivity contribution in [1.82, 2.24) is 5.32 Å². The number of carbonyl (C=O) groups is 3. The van der Waals surface area contributed by atoms with Gasteiger partial charge in [-0.2, -0.15) is 0 Å². The number of rotatable bonds is 7. The zero-order valence-electron chi connectivity index (χ0n) is 17.8. The lowest BCUT2D eigenvalue weighted by Crippen LogP contribution is -2.29. The maximum atomic E-state index is 12.9. The summed E-state index contributed by atoms with van der Waals surface area (Å²) in [5.74, 6) is -0.985. The van der Waals surface area contributed by atoms with E-state index in [1.807, 2.05) is 32.0 Å². The van der Waals surface area contributed by atoms with Crippen LogP contribution in [0.15, 0.2) is 42.5 Å². The van der Waals surface area contributed by atoms with Gasteiger partial charge in [-0.1, -0.05) is 31.5 Å². The molecule has 0 aliphatic carbocycles. The lowest BCUT2D eigenvalue weighted by molar-refractivity contribution is -0.122. The fourth-order valence-corrected chi connectivity index (χ4v) is 3.53. The van der Waals surface area contributed by atoms with E-state index in [1.54, 1.807) is 29.2 Å². The first-order chi connectivity index (χ1) is 14.4. The quantitative estimate of drug-likeness (QED) is 0.685. The minimum atomic E-state index is -0.463. The largest absolute Gasteiger partial charge is 0.352 e. The molecular weight excluding hydrogens is 378 g/mol. The summed E-state index contributed by atoms with van der Waals surface area (Å²) in [5.41, 5.74) is 3.98. The van der Waals surface area contributed by atoms with Gasteiger partial charge in [-0.3, -0.25) is 14.4 Å². The molecule has 1 aliphatic rings. The third-order valence-electron chi connectivity index (χ3n) is 5.54. The van der Waals surface area contributed by atoms with E-state index in [1.165, 1.54) is 0 Å². The Morgan fingerprint density at radius 3 is 2.60 bits per heavy atom. The summed E-state index contributed by atoms with van der Waals surface area (Å²) in [5, 5.41) is 5.73. The number of para-hydroxylation sites is 1. The smallest absolute Gasteiger partial charge is 0.253 e. The number of hydrogen-bond acceptors (Lipinski definition) is 3. The molecule has 158 valence electrons. The molecule has 1 saturated heterocycles. The molecule has 1 aliphatic heterocycles. The van der Waals surface area contributed by atoms with Gasteiger partial charge >= 0.3 is 0 Å². The predicted octanol–water partition coefficient (Wildman–Crippen LogP) is 3.82. The fourth-order valence-electron chi connectivity index (χ4n) is 3.53. The number of nitrogens with one attached hydrogen (secondary N) is 2. The monoisotopic (exact) mass is 407 g/mol. The molecule has 6 heteroatoms. The first-order valence-electron chi connectivity index (χ1n) is 10.5. The molecule has 0 bridgehead atoms. The van der Waals surface area contributed by atoms with Gasteiger partial charge < -0.3 is 15.5 Å². The number of unbranched alkanes of at least 4 members (excludes halogenated alkanes) is 1. The Hall–Kier alpha value is -3.15. The number of nitrogens with zero attached hydrogens (tertiary/aromatic N) is 1. The molecule has 1 unspecified atom stereocenters. The van der Waals surface area contributed by atoms with Crippen molar-refractivity contribution in [2.24, 2.45) is 5.92 Å². The standard InChI is InChI=1S/C24H29N3O3/c1-4-5-12-25-24(30)20-8-6-7-9-21(20)26-23(29)18-14-22(28)27(15-18)19-11-10-16(2)17(3)13-19/h6-11,13,18H,4-5,12,14-15H2,1-3H3,(H,25,30)(H,26,29). The lowest BCUT2D eigenvalue weighted by Gasteiger charge is -2.18. The molecule has 1 fully saturated rings. The second-order valence-electron chi connectivity index (χ2n) is 7.82. The zero-order valence-corrected chi connectivity index (χ0v) is 17.8. The summed E-state index contributed by atoms with van der Waals surface area (Å²) in [6.07, 6.45) is 2.05. The summed E-state index contributed by atoms with van der Waals surface area (Å²) in [6.45, 7) is 7.02. The minimum absolute atomic E-state index is 0.0657. The lowest BCUT2D eigenvalue weighted by atomic mass is 10.1. The van der Waals surface area contributed by atoms with E-state index in [0.29, 0.717) is 24.3 Å². The molecule has 6 nitrogen and oxygen atoms in total. The summed E-state index contributed by atoms with van der Waals surface area (Å²) < 4.78 is 0. The second-order valence-corrected chi connectivity index (χ2v) is 7.82. The van der Waals surface area contributed by atoms with Crippen molar-refractivity contribution in [2.75, 3.05) is 23.3 Å². The molecule has 2 N–H and O–H groups in total. The molecular formula is C24H29N3O3. The van der Waals surface area contributed by atoms with Gasteiger partial charge in [0.15, 0.2) is 0 Å². The van der Waals surface area contributed by atoms with E-state index in [9.17, 15) is 14.4 Å². The molecule has 2 aromatic rings. The SMILES string of the molecule is CCCCNC(=O)c1ccccc1NC(=O)C1CC(=O)N(c2ccc(C)c(C)c2)C1. The van der Waals surface area contributed by atoms with Gasteiger partial charge in [-0.15, -0.1) is 0 Å². The number of carbonyl (C=O) groups excluding carboxylic acids is 3. The van der Waals surface area contributed by atoms with Crippen molar-refractivity contribution >= 4 is 29.1 Å². The van der Waals surface area contributed by atoms with Crippen LogP contribution in [0.3, 0.4) is 0 Å². The molecule has 3 rings (SSSR count). The van der Waals surface area contributed by atoms with Gasteiger partial charge in [-0.25, -0.2) is 0 Å². The maximum absolute atomic E-state index is 12.9. The van der Waals surface area contributed by atoms with Gasteiger partial charge in [0.05, 0.1) is 17.2 Å². The van der Waals surface area contributed by atoms with Crippen LogP contribution in [0.1, 0.15) is 47.7 Å². The molecule has 2 aromatic carbocycles. The van der Waals surface area contributed by atoms with Crippen LogP contribution in [0, 0.1) is 19.8 Å². The molecule has 1 atom stereocenters. The van der Waals surface area contributed by atoms with Crippen LogP contribution in [0.4, 0.5) is 11.4 Å². The molecule has 1 heterocycles. The summed E-state index contributed by atoms with van der Waals surface area (Å²) in [4.78, 5) is 39.5. The Morgan fingerprint density at radius 2 is 1.87 bits per heavy atom. The fraction of sp³-hybridized carbons (Fsp3) is 0.375. The Kier molecular flexibility index (Phi) is 6.87. The minimum Gasteiger partial charge on any atom is -0.352 e. The Morgan fingerprint density at radius 1 is 1.10 bits per heavy atom. The summed E-state index contributed by atoms with van der Waals surface area (Å²) >= 11 is 0. The normalized spacial score (nSPS) is 15.9. The highest BCUT2D eigenvalue weighted by Crippen LogP contribution is 2.28. The number of anilines is 2. The van der Waals surface area contributed by atoms with Crippen LogP contribution >= 0.6 is 0 Å². The van der Waals surface area contributed by atoms with Crippen molar-refractivity contribution in [3.05, 3.63) is 59.2 Å². The van der Waals surface area contributed by atoms with Gasteiger partial charge in [-0.05, 0) is 55.7 Å². The Balaban J connectivity index is 1.69. The van der Waals surface area contributed by atoms with Crippen LogP contribution in [0.25, 0.3) is 0 Å². The molecule has 0 spiro atoms. The van der Waals surface area contributed by atoms with E-state index in [4.69, 9.17) is 0 Å². The highest BCUT2D eigenvalue weighted by molar-refractivity contribution is 6.07. The van der Waals surface area contributed by atoms with E-state index in [2.05, 4.69) is 17.6 Å². The first kappa shape index (κ1) is 21.6. The average Bonchev–Trinajstić information content (AvgIpc) is 3.12. The number of amides is 3. The van der Waals surface area contributed by atoms with Crippen LogP contribution in [0.5, 0.6) is 0 Å². The number of benzene rings is 2. The average molecular weight is 408 g/mol.